The zero-order valence-electron chi connectivity index (χ0n) is 16.6. The summed E-state index contributed by atoms with van der Waals surface area (Å²) in [6.45, 7) is 0. The highest BCUT2D eigenvalue weighted by Gasteiger charge is 2.26. The number of pyridine rings is 1. The molecular weight excluding hydrogens is 418 g/mol. The first-order valence-electron chi connectivity index (χ1n) is 9.38. The summed E-state index contributed by atoms with van der Waals surface area (Å²) in [5, 5.41) is 0. The molecule has 0 unspecified atom stereocenters. The van der Waals surface area contributed by atoms with Crippen molar-refractivity contribution in [2.45, 2.75) is 0 Å². The van der Waals surface area contributed by atoms with Gasteiger partial charge in [-0.05, 0) is 72.8 Å². The fraction of sp³-hybridized carbons (Fsp3) is 0. The maximum absolute atomic E-state index is 15.2. The summed E-state index contributed by atoms with van der Waals surface area (Å²) in [6, 6.07) is 18.3. The fourth-order valence-electron chi connectivity index (χ4n) is 2.65. The number of benzene rings is 3. The Labute approximate surface area is 182 Å². The Morgan fingerprint density at radius 3 is 1.16 bits per heavy atom. The first kappa shape index (κ1) is 20.7. The predicted octanol–water partition coefficient (Wildman–Crippen LogP) is 5.48. The van der Waals surface area contributed by atoms with Crippen molar-refractivity contribution in [3.05, 3.63) is 84.4 Å². The van der Waals surface area contributed by atoms with E-state index in [9.17, 15) is 0 Å². The summed E-state index contributed by atoms with van der Waals surface area (Å²) in [5.41, 5.74) is 18.4. The second kappa shape index (κ2) is 8.68. The molecule has 162 valence electrons. The minimum Gasteiger partial charge on any atom is -0.451 e. The van der Waals surface area contributed by atoms with Gasteiger partial charge in [-0.15, -0.1) is 0 Å². The zero-order valence-corrected chi connectivity index (χ0v) is 16.6. The Morgan fingerprint density at radius 2 is 0.812 bits per heavy atom. The van der Waals surface area contributed by atoms with Crippen LogP contribution in [0.3, 0.4) is 0 Å². The van der Waals surface area contributed by atoms with Gasteiger partial charge in [0.2, 0.25) is 17.4 Å². The molecule has 0 atom stereocenters. The lowest BCUT2D eigenvalue weighted by atomic mass is 10.3. The highest BCUT2D eigenvalue weighted by Crippen LogP contribution is 2.39. The second-order valence-electron chi connectivity index (χ2n) is 6.69. The van der Waals surface area contributed by atoms with Gasteiger partial charge < -0.3 is 31.4 Å². The van der Waals surface area contributed by atoms with Gasteiger partial charge >= 0.3 is 0 Å². The van der Waals surface area contributed by atoms with Crippen LogP contribution in [0.25, 0.3) is 0 Å². The number of nitrogen functional groups attached to an aromatic ring is 3. The van der Waals surface area contributed by atoms with E-state index >= 15 is 8.78 Å². The van der Waals surface area contributed by atoms with E-state index in [1.54, 1.807) is 24.3 Å². The van der Waals surface area contributed by atoms with Crippen molar-refractivity contribution < 1.29 is 23.0 Å². The van der Waals surface area contributed by atoms with Crippen LogP contribution >= 0.6 is 0 Å². The lowest BCUT2D eigenvalue weighted by Crippen LogP contribution is -2.03. The van der Waals surface area contributed by atoms with E-state index in [4.69, 9.17) is 31.4 Å². The highest BCUT2D eigenvalue weighted by atomic mass is 19.1. The lowest BCUT2D eigenvalue weighted by molar-refractivity contribution is 0.338. The number of ether oxygens (including phenoxy) is 3. The van der Waals surface area contributed by atoms with Crippen molar-refractivity contribution in [2.75, 3.05) is 17.2 Å². The summed E-state index contributed by atoms with van der Waals surface area (Å²) < 4.78 is 46.8. The highest BCUT2D eigenvalue weighted by molar-refractivity contribution is 5.48. The Bertz CT molecular complexity index is 1160. The number of nitrogens with two attached hydrogens (primary N) is 3. The maximum Gasteiger partial charge on any atom is 0.263 e. The summed E-state index contributed by atoms with van der Waals surface area (Å²) in [5.74, 6) is -3.54. The second-order valence-corrected chi connectivity index (χ2v) is 6.69. The van der Waals surface area contributed by atoms with Crippen LogP contribution in [0.1, 0.15) is 0 Å². The third kappa shape index (κ3) is 4.62. The molecule has 0 aliphatic rings. The third-order valence-electron chi connectivity index (χ3n) is 4.27. The van der Waals surface area contributed by atoms with E-state index in [2.05, 4.69) is 4.98 Å². The predicted molar refractivity (Wildman–Crippen MR) is 117 cm³/mol. The van der Waals surface area contributed by atoms with Gasteiger partial charge in [0.25, 0.3) is 11.8 Å². The van der Waals surface area contributed by atoms with E-state index in [1.165, 1.54) is 48.5 Å². The molecule has 4 aromatic rings. The molecule has 0 spiro atoms. The minimum atomic E-state index is -1.15. The van der Waals surface area contributed by atoms with E-state index < -0.39 is 29.1 Å². The average Bonchev–Trinajstić information content (AvgIpc) is 2.79. The monoisotopic (exact) mass is 436 g/mol. The van der Waals surface area contributed by atoms with Crippen molar-refractivity contribution in [2.24, 2.45) is 0 Å². The van der Waals surface area contributed by atoms with Crippen LogP contribution < -0.4 is 31.4 Å². The summed E-state index contributed by atoms with van der Waals surface area (Å²) >= 11 is 0. The molecule has 7 nitrogen and oxygen atoms in total. The van der Waals surface area contributed by atoms with Crippen LogP contribution in [0.5, 0.6) is 34.8 Å². The van der Waals surface area contributed by atoms with Crippen molar-refractivity contribution in [3.8, 4) is 34.8 Å². The van der Waals surface area contributed by atoms with Crippen LogP contribution in [0.15, 0.2) is 72.8 Å². The topological polar surface area (TPSA) is 119 Å². The Balaban J connectivity index is 1.75. The van der Waals surface area contributed by atoms with Gasteiger partial charge in [-0.3, -0.25) is 0 Å². The SMILES string of the molecule is Nc1ccc(Oc2nc(Oc3ccc(N)cc3)c(F)c(Oc3ccc(N)cc3)c2F)cc1. The summed E-state index contributed by atoms with van der Waals surface area (Å²) in [6.07, 6.45) is 0. The van der Waals surface area contributed by atoms with Gasteiger partial charge in [0.05, 0.1) is 0 Å². The Hall–Kier alpha value is -4.53. The Kier molecular flexibility index (Phi) is 5.63. The van der Waals surface area contributed by atoms with E-state index in [0.717, 1.165) is 0 Å². The summed E-state index contributed by atoms with van der Waals surface area (Å²) in [7, 11) is 0. The van der Waals surface area contributed by atoms with Gasteiger partial charge in [0.15, 0.2) is 0 Å². The van der Waals surface area contributed by atoms with Crippen molar-refractivity contribution in [1.29, 1.82) is 0 Å². The molecule has 9 heteroatoms. The third-order valence-corrected chi connectivity index (χ3v) is 4.27. The fourth-order valence-corrected chi connectivity index (χ4v) is 2.65. The Morgan fingerprint density at radius 1 is 0.500 bits per heavy atom. The molecule has 0 amide bonds. The first-order valence-corrected chi connectivity index (χ1v) is 9.38. The van der Waals surface area contributed by atoms with Gasteiger partial charge in [-0.25, -0.2) is 0 Å². The van der Waals surface area contributed by atoms with Gasteiger partial charge in [0.1, 0.15) is 17.2 Å². The first-order chi connectivity index (χ1) is 15.4. The largest absolute Gasteiger partial charge is 0.451 e. The molecule has 6 N–H and O–H groups in total. The van der Waals surface area contributed by atoms with Crippen LogP contribution in [0, 0.1) is 11.6 Å². The summed E-state index contributed by atoms with van der Waals surface area (Å²) in [4.78, 5) is 3.87. The number of nitrogens with zero attached hydrogens (tertiary/aromatic N) is 1. The number of anilines is 3. The van der Waals surface area contributed by atoms with Gasteiger partial charge in [0, 0.05) is 17.1 Å². The number of hydrogen-bond acceptors (Lipinski definition) is 7. The molecule has 1 heterocycles. The molecule has 32 heavy (non-hydrogen) atoms. The van der Waals surface area contributed by atoms with E-state index in [0.29, 0.717) is 17.1 Å². The molecule has 0 bridgehead atoms. The van der Waals surface area contributed by atoms with Crippen LogP contribution in [-0.4, -0.2) is 4.98 Å². The zero-order chi connectivity index (χ0) is 22.7. The van der Waals surface area contributed by atoms with Crippen molar-refractivity contribution in [1.82, 2.24) is 4.98 Å². The molecule has 0 fully saturated rings. The molecule has 0 saturated heterocycles. The van der Waals surface area contributed by atoms with Crippen LogP contribution in [0.2, 0.25) is 0 Å². The van der Waals surface area contributed by atoms with Crippen molar-refractivity contribution in [3.63, 3.8) is 0 Å². The number of hydrogen-bond donors (Lipinski definition) is 3. The lowest BCUT2D eigenvalue weighted by Gasteiger charge is -2.15. The smallest absolute Gasteiger partial charge is 0.263 e. The van der Waals surface area contributed by atoms with E-state index in [1.807, 2.05) is 0 Å². The molecule has 0 radical (unpaired) electrons. The van der Waals surface area contributed by atoms with Crippen molar-refractivity contribution >= 4 is 17.1 Å². The maximum atomic E-state index is 15.2. The molecule has 3 aromatic carbocycles. The number of aromatic nitrogens is 1. The number of halogens is 2. The molecule has 4 rings (SSSR count). The molecule has 1 aromatic heterocycles. The molecule has 0 aliphatic carbocycles. The standard InChI is InChI=1S/C23H18F2N4O3/c24-19-21(30-16-7-1-13(26)2-8-16)20(25)23(32-18-11-5-15(28)6-12-18)29-22(19)31-17-9-3-14(27)4-10-17/h1-12H,26-28H2. The van der Waals surface area contributed by atoms with Crippen LogP contribution in [-0.2, 0) is 0 Å². The normalized spacial score (nSPS) is 10.6. The number of rotatable bonds is 6. The van der Waals surface area contributed by atoms with Gasteiger partial charge in [-0.2, -0.15) is 13.8 Å². The van der Waals surface area contributed by atoms with Gasteiger partial charge in [-0.1, -0.05) is 0 Å². The molecular formula is C23H18F2N4O3. The quantitative estimate of drug-likeness (QED) is 0.342. The average molecular weight is 436 g/mol. The van der Waals surface area contributed by atoms with Crippen LogP contribution in [0.4, 0.5) is 25.8 Å². The minimum absolute atomic E-state index is 0.153. The van der Waals surface area contributed by atoms with E-state index in [-0.39, 0.29) is 17.2 Å². The molecule has 0 aliphatic heterocycles. The molecule has 0 saturated carbocycles.